The van der Waals surface area contributed by atoms with E-state index in [1.54, 1.807) is 4.90 Å². The third kappa shape index (κ3) is 6.20. The minimum Gasteiger partial charge on any atom is -0.769 e. The minimum atomic E-state index is -0.672. The van der Waals surface area contributed by atoms with E-state index in [-0.39, 0.29) is 28.3 Å². The van der Waals surface area contributed by atoms with Crippen molar-refractivity contribution in [1.82, 2.24) is 4.90 Å². The van der Waals surface area contributed by atoms with Gasteiger partial charge in [0.05, 0.1) is 5.69 Å². The van der Waals surface area contributed by atoms with Gasteiger partial charge >= 0.3 is 6.03 Å². The SMILES string of the molecule is CCCCN(CCCC)C(=O)Nc1cc(N([O-])[O-])cc(N(O)O)c1. The zero-order chi connectivity index (χ0) is 18.1. The summed E-state index contributed by atoms with van der Waals surface area (Å²) in [5.74, 6) is 0. The zero-order valence-corrected chi connectivity index (χ0v) is 13.9. The van der Waals surface area contributed by atoms with Gasteiger partial charge < -0.3 is 25.9 Å². The van der Waals surface area contributed by atoms with E-state index in [0.717, 1.165) is 31.7 Å². The van der Waals surface area contributed by atoms with E-state index in [2.05, 4.69) is 5.32 Å². The first-order valence-corrected chi connectivity index (χ1v) is 7.92. The highest BCUT2D eigenvalue weighted by molar-refractivity contribution is 5.91. The van der Waals surface area contributed by atoms with Crippen LogP contribution in [0.25, 0.3) is 0 Å². The fourth-order valence-electron chi connectivity index (χ4n) is 2.10. The molecule has 0 unspecified atom stereocenters. The largest absolute Gasteiger partial charge is 0.769 e. The number of unbranched alkanes of at least 4 members (excludes halogenated alkanes) is 2. The Labute approximate surface area is 141 Å². The van der Waals surface area contributed by atoms with E-state index in [4.69, 9.17) is 10.4 Å². The number of nitrogens with one attached hydrogen (secondary N) is 1. The fraction of sp³-hybridized carbons (Fsp3) is 0.533. The highest BCUT2D eigenvalue weighted by atomic mass is 16.8. The Balaban J connectivity index is 2.92. The van der Waals surface area contributed by atoms with Gasteiger partial charge in [-0.25, -0.2) is 4.79 Å². The molecule has 1 aromatic carbocycles. The second-order valence-corrected chi connectivity index (χ2v) is 5.41. The molecule has 0 heterocycles. The third-order valence-electron chi connectivity index (χ3n) is 3.45. The quantitative estimate of drug-likeness (QED) is 0.587. The number of anilines is 3. The van der Waals surface area contributed by atoms with Crippen LogP contribution in [0.2, 0.25) is 0 Å². The van der Waals surface area contributed by atoms with Crippen molar-refractivity contribution in [3.8, 4) is 0 Å². The highest BCUT2D eigenvalue weighted by Crippen LogP contribution is 2.26. The van der Waals surface area contributed by atoms with Crippen LogP contribution < -0.4 is 15.8 Å². The number of nitrogens with zero attached hydrogens (tertiary/aromatic N) is 3. The lowest BCUT2D eigenvalue weighted by molar-refractivity contribution is 0.0292. The average molecular weight is 340 g/mol. The van der Waals surface area contributed by atoms with Gasteiger partial charge in [-0.3, -0.25) is 10.4 Å². The van der Waals surface area contributed by atoms with Crippen LogP contribution in [0.5, 0.6) is 0 Å². The summed E-state index contributed by atoms with van der Waals surface area (Å²) in [4.78, 5) is 14.0. The van der Waals surface area contributed by atoms with Crippen molar-refractivity contribution < 1.29 is 15.2 Å². The zero-order valence-electron chi connectivity index (χ0n) is 13.9. The van der Waals surface area contributed by atoms with Crippen LogP contribution >= 0.6 is 0 Å². The van der Waals surface area contributed by atoms with Gasteiger partial charge in [0, 0.05) is 24.5 Å². The Bertz CT molecular complexity index is 490. The highest BCUT2D eigenvalue weighted by Gasteiger charge is 2.14. The molecule has 0 fully saturated rings. The summed E-state index contributed by atoms with van der Waals surface area (Å²) < 4.78 is 0. The van der Waals surface area contributed by atoms with Crippen molar-refractivity contribution in [3.05, 3.63) is 28.6 Å². The number of urea groups is 1. The number of carbonyl (C=O) groups excluding carboxylic acids is 1. The predicted octanol–water partition coefficient (Wildman–Crippen LogP) is 3.51. The van der Waals surface area contributed by atoms with Crippen LogP contribution in [0.3, 0.4) is 0 Å². The van der Waals surface area contributed by atoms with Gasteiger partial charge in [-0.1, -0.05) is 26.7 Å². The Morgan fingerprint density at radius 2 is 1.58 bits per heavy atom. The maximum Gasteiger partial charge on any atom is 0.321 e. The van der Waals surface area contributed by atoms with Gasteiger partial charge in [-0.05, 0) is 31.0 Å². The number of hydrogen-bond donors (Lipinski definition) is 3. The van der Waals surface area contributed by atoms with Gasteiger partial charge in [0.25, 0.3) is 0 Å². The average Bonchev–Trinajstić information content (AvgIpc) is 2.54. The number of carbonyl (C=O) groups is 1. The lowest BCUT2D eigenvalue weighted by atomic mass is 10.2. The summed E-state index contributed by atoms with van der Waals surface area (Å²) in [6.07, 6.45) is 3.61. The molecule has 136 valence electrons. The molecule has 0 aliphatic carbocycles. The molecular formula is C15H24N4O5-2. The second-order valence-electron chi connectivity index (χ2n) is 5.41. The van der Waals surface area contributed by atoms with Crippen molar-refractivity contribution in [2.75, 3.05) is 28.9 Å². The number of amides is 2. The van der Waals surface area contributed by atoms with Gasteiger partial charge in [-0.2, -0.15) is 0 Å². The van der Waals surface area contributed by atoms with Crippen molar-refractivity contribution in [2.45, 2.75) is 39.5 Å². The van der Waals surface area contributed by atoms with E-state index in [9.17, 15) is 15.2 Å². The number of rotatable bonds is 9. The van der Waals surface area contributed by atoms with E-state index in [0.29, 0.717) is 13.1 Å². The van der Waals surface area contributed by atoms with Gasteiger partial charge in [0.2, 0.25) is 0 Å². The predicted molar refractivity (Wildman–Crippen MR) is 92.1 cm³/mol. The summed E-state index contributed by atoms with van der Waals surface area (Å²) in [5.41, 5.74) is -0.451. The molecule has 0 aromatic heterocycles. The molecule has 1 rings (SSSR count). The topological polar surface area (TPSA) is 125 Å². The Hall–Kier alpha value is -2.07. The molecule has 0 saturated carbocycles. The third-order valence-corrected chi connectivity index (χ3v) is 3.45. The van der Waals surface area contributed by atoms with Crippen LogP contribution in [0.1, 0.15) is 39.5 Å². The smallest absolute Gasteiger partial charge is 0.321 e. The molecular weight excluding hydrogens is 316 g/mol. The molecule has 9 nitrogen and oxygen atoms in total. The summed E-state index contributed by atoms with van der Waals surface area (Å²) >= 11 is 0. The molecule has 0 radical (unpaired) electrons. The van der Waals surface area contributed by atoms with Gasteiger partial charge in [-0.15, -0.1) is 5.23 Å². The first-order chi connectivity index (χ1) is 11.4. The van der Waals surface area contributed by atoms with Crippen LogP contribution in [-0.4, -0.2) is 34.4 Å². The van der Waals surface area contributed by atoms with E-state index in [1.807, 2.05) is 13.8 Å². The summed E-state index contributed by atoms with van der Waals surface area (Å²) in [6, 6.07) is 3.03. The summed E-state index contributed by atoms with van der Waals surface area (Å²) in [5, 5.41) is 41.7. The minimum absolute atomic E-state index is 0.121. The molecule has 0 saturated heterocycles. The van der Waals surface area contributed by atoms with E-state index < -0.39 is 5.23 Å². The molecule has 0 atom stereocenters. The molecule has 0 bridgehead atoms. The summed E-state index contributed by atoms with van der Waals surface area (Å²) in [7, 11) is 0. The van der Waals surface area contributed by atoms with Crippen LogP contribution in [0.15, 0.2) is 18.2 Å². The van der Waals surface area contributed by atoms with Crippen molar-refractivity contribution in [1.29, 1.82) is 0 Å². The number of hydrogen-bond acceptors (Lipinski definition) is 7. The molecule has 0 spiro atoms. The Kier molecular flexibility index (Phi) is 8.27. The van der Waals surface area contributed by atoms with Crippen LogP contribution in [0, 0.1) is 10.4 Å². The molecule has 1 aromatic rings. The second kappa shape index (κ2) is 9.93. The van der Waals surface area contributed by atoms with Gasteiger partial charge in [0.15, 0.2) is 0 Å². The Morgan fingerprint density at radius 1 is 1.04 bits per heavy atom. The maximum absolute atomic E-state index is 12.4. The number of benzene rings is 1. The van der Waals surface area contributed by atoms with Gasteiger partial charge in [0.1, 0.15) is 0 Å². The van der Waals surface area contributed by atoms with Crippen molar-refractivity contribution in [3.63, 3.8) is 0 Å². The lowest BCUT2D eigenvalue weighted by Gasteiger charge is -2.38. The fourth-order valence-corrected chi connectivity index (χ4v) is 2.10. The molecule has 3 N–H and O–H groups in total. The molecule has 0 aliphatic heterocycles. The normalized spacial score (nSPS) is 10.4. The van der Waals surface area contributed by atoms with E-state index >= 15 is 0 Å². The lowest BCUT2D eigenvalue weighted by Crippen LogP contribution is -2.36. The standard InChI is InChI=1S/C15H24N4O5/c1-3-5-7-17(8-6-4-2)15(20)16-12-9-13(18(21)22)11-14(10-12)19(23)24/h9-11,21-22H,3-8H2,1-2H3,(H,16,20)/q-2. The van der Waals surface area contributed by atoms with Crippen molar-refractivity contribution in [2.24, 2.45) is 0 Å². The first kappa shape index (κ1) is 20.0. The van der Waals surface area contributed by atoms with Crippen LogP contribution in [0.4, 0.5) is 21.9 Å². The Morgan fingerprint density at radius 3 is 2.04 bits per heavy atom. The van der Waals surface area contributed by atoms with E-state index in [1.165, 1.54) is 12.1 Å². The molecule has 2 amide bonds. The molecule has 24 heavy (non-hydrogen) atoms. The monoisotopic (exact) mass is 340 g/mol. The van der Waals surface area contributed by atoms with Crippen LogP contribution in [-0.2, 0) is 0 Å². The summed E-state index contributed by atoms with van der Waals surface area (Å²) in [6.45, 7) is 5.24. The molecule has 9 heteroatoms. The first-order valence-electron chi connectivity index (χ1n) is 7.92. The maximum atomic E-state index is 12.4. The van der Waals surface area contributed by atoms with Crippen molar-refractivity contribution >= 4 is 23.1 Å². The molecule has 0 aliphatic rings.